The molecule has 0 amide bonds. The number of rotatable bonds is 0. The smallest absolute Gasteiger partial charge is 0.320 e. The van der Waals surface area contributed by atoms with Gasteiger partial charge in [0.05, 0.1) is 11.8 Å². The molecular formula is C10H15NO3. The number of esters is 2. The van der Waals surface area contributed by atoms with E-state index in [1.54, 1.807) is 0 Å². The van der Waals surface area contributed by atoms with Crippen LogP contribution in [-0.2, 0) is 14.3 Å². The summed E-state index contributed by atoms with van der Waals surface area (Å²) in [5, 5.41) is 0. The van der Waals surface area contributed by atoms with Crippen LogP contribution in [0.2, 0.25) is 0 Å². The Labute approximate surface area is 83.2 Å². The predicted molar refractivity (Wildman–Crippen MR) is 49.5 cm³/mol. The minimum Gasteiger partial charge on any atom is -0.393 e. The van der Waals surface area contributed by atoms with Gasteiger partial charge in [-0.1, -0.05) is 0 Å². The van der Waals surface area contributed by atoms with E-state index in [0.29, 0.717) is 6.04 Å². The zero-order valence-corrected chi connectivity index (χ0v) is 8.58. The van der Waals surface area contributed by atoms with Crippen LogP contribution in [0.5, 0.6) is 0 Å². The SMILES string of the molecule is CC1CC2(CCN1C)CC(=O)OC2=O. The third-order valence-electron chi connectivity index (χ3n) is 3.50. The molecule has 2 unspecified atom stereocenters. The van der Waals surface area contributed by atoms with E-state index in [-0.39, 0.29) is 18.4 Å². The van der Waals surface area contributed by atoms with Crippen molar-refractivity contribution in [2.24, 2.45) is 5.41 Å². The highest BCUT2D eigenvalue weighted by Gasteiger charge is 2.51. The Hall–Kier alpha value is -0.900. The molecule has 2 aliphatic heterocycles. The van der Waals surface area contributed by atoms with E-state index in [2.05, 4.69) is 16.6 Å². The first-order chi connectivity index (χ1) is 6.53. The first-order valence-electron chi connectivity index (χ1n) is 4.99. The van der Waals surface area contributed by atoms with E-state index in [4.69, 9.17) is 0 Å². The molecule has 2 rings (SSSR count). The van der Waals surface area contributed by atoms with Gasteiger partial charge in [0, 0.05) is 6.04 Å². The molecule has 2 aliphatic rings. The maximum absolute atomic E-state index is 11.6. The van der Waals surface area contributed by atoms with Gasteiger partial charge in [0.2, 0.25) is 0 Å². The lowest BCUT2D eigenvalue weighted by Gasteiger charge is -2.38. The molecule has 0 N–H and O–H groups in total. The van der Waals surface area contributed by atoms with E-state index >= 15 is 0 Å². The number of cyclic esters (lactones) is 2. The summed E-state index contributed by atoms with van der Waals surface area (Å²) in [6.45, 7) is 2.94. The maximum Gasteiger partial charge on any atom is 0.320 e. The van der Waals surface area contributed by atoms with Gasteiger partial charge in [-0.25, -0.2) is 0 Å². The molecule has 2 atom stereocenters. The standard InChI is InChI=1S/C10H15NO3/c1-7-5-10(3-4-11(7)2)6-8(12)14-9(10)13/h7H,3-6H2,1-2H3. The second kappa shape index (κ2) is 3.05. The van der Waals surface area contributed by atoms with Gasteiger partial charge in [0.15, 0.2) is 0 Å². The first kappa shape index (κ1) is 9.65. The number of hydrogen-bond acceptors (Lipinski definition) is 4. The molecule has 78 valence electrons. The molecule has 0 aliphatic carbocycles. The summed E-state index contributed by atoms with van der Waals surface area (Å²) in [6, 6.07) is 0.349. The lowest BCUT2D eigenvalue weighted by Crippen LogP contribution is -2.45. The van der Waals surface area contributed by atoms with Crippen LogP contribution in [0, 0.1) is 5.41 Å². The van der Waals surface area contributed by atoms with E-state index in [9.17, 15) is 9.59 Å². The minimum atomic E-state index is -0.497. The maximum atomic E-state index is 11.6. The van der Waals surface area contributed by atoms with Crippen molar-refractivity contribution in [3.63, 3.8) is 0 Å². The summed E-state index contributed by atoms with van der Waals surface area (Å²) < 4.78 is 4.64. The van der Waals surface area contributed by atoms with E-state index in [0.717, 1.165) is 19.4 Å². The normalized spacial score (nSPS) is 39.1. The molecule has 4 nitrogen and oxygen atoms in total. The fourth-order valence-electron chi connectivity index (χ4n) is 2.38. The molecule has 0 aromatic carbocycles. The molecule has 0 bridgehead atoms. The molecule has 2 fully saturated rings. The number of hydrogen-bond donors (Lipinski definition) is 0. The van der Waals surface area contributed by atoms with Gasteiger partial charge in [-0.15, -0.1) is 0 Å². The van der Waals surface area contributed by atoms with Gasteiger partial charge < -0.3 is 9.64 Å². The van der Waals surface area contributed by atoms with Crippen molar-refractivity contribution >= 4 is 11.9 Å². The Bertz CT molecular complexity index is 289. The largest absolute Gasteiger partial charge is 0.393 e. The van der Waals surface area contributed by atoms with Crippen LogP contribution in [0.4, 0.5) is 0 Å². The predicted octanol–water partition coefficient (Wildman–Crippen LogP) is 0.560. The molecule has 2 heterocycles. The van der Waals surface area contributed by atoms with Gasteiger partial charge >= 0.3 is 11.9 Å². The second-order valence-electron chi connectivity index (χ2n) is 4.50. The summed E-state index contributed by atoms with van der Waals surface area (Å²) in [5.74, 6) is -0.658. The molecule has 0 saturated carbocycles. The Morgan fingerprint density at radius 1 is 1.50 bits per heavy atom. The summed E-state index contributed by atoms with van der Waals surface area (Å²) in [5.41, 5.74) is -0.497. The first-order valence-corrected chi connectivity index (χ1v) is 4.99. The summed E-state index contributed by atoms with van der Waals surface area (Å²) in [7, 11) is 2.04. The highest BCUT2D eigenvalue weighted by atomic mass is 16.6. The fourth-order valence-corrected chi connectivity index (χ4v) is 2.38. The summed E-state index contributed by atoms with van der Waals surface area (Å²) in [4.78, 5) is 24.8. The van der Waals surface area contributed by atoms with Gasteiger partial charge in [0.1, 0.15) is 0 Å². The van der Waals surface area contributed by atoms with E-state index in [1.165, 1.54) is 0 Å². The van der Waals surface area contributed by atoms with E-state index < -0.39 is 5.41 Å². The zero-order valence-electron chi connectivity index (χ0n) is 8.58. The van der Waals surface area contributed by atoms with Crippen molar-refractivity contribution in [3.05, 3.63) is 0 Å². The summed E-state index contributed by atoms with van der Waals surface area (Å²) >= 11 is 0. The Kier molecular flexibility index (Phi) is 2.10. The third kappa shape index (κ3) is 1.34. The third-order valence-corrected chi connectivity index (χ3v) is 3.50. The monoisotopic (exact) mass is 197 g/mol. The van der Waals surface area contributed by atoms with Crippen molar-refractivity contribution in [3.8, 4) is 0 Å². The topological polar surface area (TPSA) is 46.6 Å². The number of likely N-dealkylation sites (tertiary alicyclic amines) is 1. The fraction of sp³-hybridized carbons (Fsp3) is 0.800. The second-order valence-corrected chi connectivity index (χ2v) is 4.50. The summed E-state index contributed by atoms with van der Waals surface area (Å²) in [6.07, 6.45) is 1.77. The number of ether oxygens (including phenoxy) is 1. The van der Waals surface area contributed by atoms with Crippen LogP contribution in [0.25, 0.3) is 0 Å². The Balaban J connectivity index is 2.18. The van der Waals surface area contributed by atoms with Crippen LogP contribution in [0.1, 0.15) is 26.2 Å². The molecule has 0 radical (unpaired) electrons. The van der Waals surface area contributed by atoms with Crippen LogP contribution in [0.15, 0.2) is 0 Å². The highest BCUT2D eigenvalue weighted by molar-refractivity contribution is 5.97. The molecule has 14 heavy (non-hydrogen) atoms. The van der Waals surface area contributed by atoms with Gasteiger partial charge in [-0.3, -0.25) is 9.59 Å². The minimum absolute atomic E-state index is 0.282. The van der Waals surface area contributed by atoms with Crippen molar-refractivity contribution < 1.29 is 14.3 Å². The molecule has 2 saturated heterocycles. The Morgan fingerprint density at radius 3 is 2.71 bits per heavy atom. The Morgan fingerprint density at radius 2 is 2.21 bits per heavy atom. The number of carbonyl (C=O) groups excluding carboxylic acids is 2. The lowest BCUT2D eigenvalue weighted by molar-refractivity contribution is -0.156. The molecule has 4 heteroatoms. The quantitative estimate of drug-likeness (QED) is 0.420. The average molecular weight is 197 g/mol. The van der Waals surface area contributed by atoms with Crippen molar-refractivity contribution in [2.45, 2.75) is 32.2 Å². The molecular weight excluding hydrogens is 182 g/mol. The highest BCUT2D eigenvalue weighted by Crippen LogP contribution is 2.42. The number of nitrogens with zero attached hydrogens (tertiary/aromatic N) is 1. The number of piperidine rings is 1. The van der Waals surface area contributed by atoms with Crippen molar-refractivity contribution in [1.82, 2.24) is 4.90 Å². The van der Waals surface area contributed by atoms with Crippen LogP contribution >= 0.6 is 0 Å². The van der Waals surface area contributed by atoms with E-state index in [1.807, 2.05) is 7.05 Å². The van der Waals surface area contributed by atoms with Crippen molar-refractivity contribution in [1.29, 1.82) is 0 Å². The van der Waals surface area contributed by atoms with Crippen molar-refractivity contribution in [2.75, 3.05) is 13.6 Å². The van der Waals surface area contributed by atoms with Gasteiger partial charge in [0.25, 0.3) is 0 Å². The lowest BCUT2D eigenvalue weighted by atomic mass is 9.74. The molecule has 0 aromatic rings. The average Bonchev–Trinajstić information content (AvgIpc) is 2.36. The zero-order chi connectivity index (χ0) is 10.3. The van der Waals surface area contributed by atoms with Crippen LogP contribution < -0.4 is 0 Å². The molecule has 1 spiro atoms. The molecule has 0 aromatic heterocycles. The van der Waals surface area contributed by atoms with Crippen LogP contribution in [0.3, 0.4) is 0 Å². The van der Waals surface area contributed by atoms with Crippen LogP contribution in [-0.4, -0.2) is 36.5 Å². The van der Waals surface area contributed by atoms with Gasteiger partial charge in [-0.05, 0) is 33.4 Å². The number of carbonyl (C=O) groups is 2. The van der Waals surface area contributed by atoms with Gasteiger partial charge in [-0.2, -0.15) is 0 Å².